The first kappa shape index (κ1) is 14.6. The van der Waals surface area contributed by atoms with Gasteiger partial charge in [-0.1, -0.05) is 12.1 Å². The van der Waals surface area contributed by atoms with Crippen LogP contribution in [-0.4, -0.2) is 24.1 Å². The Kier molecular flexibility index (Phi) is 4.44. The minimum Gasteiger partial charge on any atom is -0.480 e. The SMILES string of the molecule is COc1nc(N(C)C(C)c2cccc(N)c2)ncc1Br. The fraction of sp³-hybridized carbons (Fsp3) is 0.286. The normalized spacial score (nSPS) is 12.0. The van der Waals surface area contributed by atoms with Crippen molar-refractivity contribution in [1.82, 2.24) is 9.97 Å². The number of nitrogens with zero attached hydrogens (tertiary/aromatic N) is 3. The smallest absolute Gasteiger partial charge is 0.232 e. The van der Waals surface area contributed by atoms with E-state index in [0.29, 0.717) is 11.8 Å². The van der Waals surface area contributed by atoms with Crippen molar-refractivity contribution in [3.8, 4) is 5.88 Å². The summed E-state index contributed by atoms with van der Waals surface area (Å²) >= 11 is 3.35. The zero-order valence-electron chi connectivity index (χ0n) is 11.7. The molecule has 1 aromatic heterocycles. The van der Waals surface area contributed by atoms with Crippen LogP contribution in [0.1, 0.15) is 18.5 Å². The number of aromatic nitrogens is 2. The van der Waals surface area contributed by atoms with Crippen LogP contribution in [0.4, 0.5) is 11.6 Å². The number of ether oxygens (including phenoxy) is 1. The summed E-state index contributed by atoms with van der Waals surface area (Å²) < 4.78 is 5.93. The van der Waals surface area contributed by atoms with Gasteiger partial charge in [0, 0.05) is 12.7 Å². The molecule has 0 radical (unpaired) electrons. The van der Waals surface area contributed by atoms with Gasteiger partial charge in [-0.2, -0.15) is 4.98 Å². The van der Waals surface area contributed by atoms with Crippen LogP contribution in [0.15, 0.2) is 34.9 Å². The van der Waals surface area contributed by atoms with Gasteiger partial charge in [-0.15, -0.1) is 0 Å². The molecule has 0 spiro atoms. The molecule has 2 rings (SSSR count). The zero-order chi connectivity index (χ0) is 14.7. The maximum absolute atomic E-state index is 5.82. The Hall–Kier alpha value is -1.82. The molecule has 2 N–H and O–H groups in total. The van der Waals surface area contributed by atoms with Gasteiger partial charge in [-0.25, -0.2) is 4.98 Å². The summed E-state index contributed by atoms with van der Waals surface area (Å²) in [6.45, 7) is 2.08. The van der Waals surface area contributed by atoms with Gasteiger partial charge < -0.3 is 15.4 Å². The first-order chi connectivity index (χ1) is 9.52. The molecule has 0 saturated carbocycles. The Morgan fingerprint density at radius 1 is 1.40 bits per heavy atom. The van der Waals surface area contributed by atoms with E-state index in [9.17, 15) is 0 Å². The number of rotatable bonds is 4. The van der Waals surface area contributed by atoms with Crippen LogP contribution in [0, 0.1) is 0 Å². The molecule has 0 saturated heterocycles. The molecule has 1 unspecified atom stereocenters. The van der Waals surface area contributed by atoms with Crippen LogP contribution in [0.2, 0.25) is 0 Å². The molecule has 0 aliphatic rings. The maximum Gasteiger partial charge on any atom is 0.232 e. The number of benzene rings is 1. The second-order valence-corrected chi connectivity index (χ2v) is 5.34. The van der Waals surface area contributed by atoms with Crippen LogP contribution in [0.3, 0.4) is 0 Å². The van der Waals surface area contributed by atoms with E-state index in [0.717, 1.165) is 15.7 Å². The Labute approximate surface area is 126 Å². The van der Waals surface area contributed by atoms with Gasteiger partial charge in [0.2, 0.25) is 11.8 Å². The van der Waals surface area contributed by atoms with Gasteiger partial charge in [0.05, 0.1) is 23.8 Å². The summed E-state index contributed by atoms with van der Waals surface area (Å²) in [6.07, 6.45) is 1.68. The van der Waals surface area contributed by atoms with Gasteiger partial charge in [0.25, 0.3) is 0 Å². The lowest BCUT2D eigenvalue weighted by Gasteiger charge is -2.25. The highest BCUT2D eigenvalue weighted by Gasteiger charge is 2.16. The van der Waals surface area contributed by atoms with Crippen LogP contribution < -0.4 is 15.4 Å². The number of halogens is 1. The van der Waals surface area contributed by atoms with E-state index in [2.05, 4.69) is 32.8 Å². The fourth-order valence-electron chi connectivity index (χ4n) is 1.87. The lowest BCUT2D eigenvalue weighted by atomic mass is 10.1. The molecule has 1 atom stereocenters. The van der Waals surface area contributed by atoms with Gasteiger partial charge in [0.1, 0.15) is 0 Å². The second kappa shape index (κ2) is 6.09. The number of methoxy groups -OCH3 is 1. The lowest BCUT2D eigenvalue weighted by Crippen LogP contribution is -2.24. The number of nitrogens with two attached hydrogens (primary N) is 1. The van der Waals surface area contributed by atoms with Crippen LogP contribution in [0.25, 0.3) is 0 Å². The van der Waals surface area contributed by atoms with Crippen molar-refractivity contribution in [2.45, 2.75) is 13.0 Å². The molecule has 0 aliphatic carbocycles. The van der Waals surface area contributed by atoms with Crippen molar-refractivity contribution in [2.24, 2.45) is 0 Å². The van der Waals surface area contributed by atoms with Crippen LogP contribution >= 0.6 is 15.9 Å². The monoisotopic (exact) mass is 336 g/mol. The summed E-state index contributed by atoms with van der Waals surface area (Å²) in [4.78, 5) is 10.7. The molecule has 0 bridgehead atoms. The molecule has 1 heterocycles. The van der Waals surface area contributed by atoms with Gasteiger partial charge in [-0.3, -0.25) is 0 Å². The van der Waals surface area contributed by atoms with Crippen LogP contribution in [0.5, 0.6) is 5.88 Å². The van der Waals surface area contributed by atoms with Gasteiger partial charge >= 0.3 is 0 Å². The Balaban J connectivity index is 2.28. The molecule has 6 heteroatoms. The number of hydrogen-bond donors (Lipinski definition) is 1. The zero-order valence-corrected chi connectivity index (χ0v) is 13.3. The molecule has 5 nitrogen and oxygen atoms in total. The maximum atomic E-state index is 5.82. The molecule has 0 amide bonds. The first-order valence-electron chi connectivity index (χ1n) is 6.17. The van der Waals surface area contributed by atoms with E-state index in [1.165, 1.54) is 0 Å². The summed E-state index contributed by atoms with van der Waals surface area (Å²) in [7, 11) is 3.52. The standard InChI is InChI=1S/C14H17BrN4O/c1-9(10-5-4-6-11(16)7-10)19(2)14-17-8-12(15)13(18-14)20-3/h4-9H,16H2,1-3H3. The Morgan fingerprint density at radius 2 is 2.15 bits per heavy atom. The summed E-state index contributed by atoms with van der Waals surface area (Å²) in [5.74, 6) is 1.11. The minimum atomic E-state index is 0.101. The number of hydrogen-bond acceptors (Lipinski definition) is 5. The topological polar surface area (TPSA) is 64.3 Å². The number of anilines is 2. The largest absolute Gasteiger partial charge is 0.480 e. The fourth-order valence-corrected chi connectivity index (χ4v) is 2.22. The van der Waals surface area contributed by atoms with Gasteiger partial charge in [-0.05, 0) is 40.5 Å². The predicted octanol–water partition coefficient (Wildman–Crippen LogP) is 3.03. The van der Waals surface area contributed by atoms with E-state index in [1.807, 2.05) is 36.2 Å². The third-order valence-corrected chi connectivity index (χ3v) is 3.73. The lowest BCUT2D eigenvalue weighted by molar-refractivity contribution is 0.393. The summed E-state index contributed by atoms with van der Waals surface area (Å²) in [5, 5.41) is 0. The Bertz CT molecular complexity index is 605. The van der Waals surface area contributed by atoms with Crippen molar-refractivity contribution in [3.63, 3.8) is 0 Å². The third-order valence-electron chi connectivity index (χ3n) is 3.18. The average molecular weight is 337 g/mol. The molecular weight excluding hydrogens is 320 g/mol. The highest BCUT2D eigenvalue weighted by molar-refractivity contribution is 9.10. The highest BCUT2D eigenvalue weighted by atomic mass is 79.9. The summed E-state index contributed by atoms with van der Waals surface area (Å²) in [6, 6.07) is 7.91. The quantitative estimate of drug-likeness (QED) is 0.869. The third kappa shape index (κ3) is 3.01. The average Bonchev–Trinajstić information content (AvgIpc) is 2.46. The molecular formula is C14H17BrN4O. The Morgan fingerprint density at radius 3 is 2.80 bits per heavy atom. The van der Waals surface area contributed by atoms with E-state index in [1.54, 1.807) is 13.3 Å². The van der Waals surface area contributed by atoms with Crippen molar-refractivity contribution in [2.75, 3.05) is 24.8 Å². The van der Waals surface area contributed by atoms with Crippen molar-refractivity contribution >= 4 is 27.6 Å². The van der Waals surface area contributed by atoms with Crippen molar-refractivity contribution < 1.29 is 4.74 Å². The molecule has 0 aliphatic heterocycles. The summed E-state index contributed by atoms with van der Waals surface area (Å²) in [5.41, 5.74) is 7.68. The van der Waals surface area contributed by atoms with E-state index in [4.69, 9.17) is 10.5 Å². The van der Waals surface area contributed by atoms with E-state index in [-0.39, 0.29) is 6.04 Å². The molecule has 2 aromatic rings. The van der Waals surface area contributed by atoms with Gasteiger partial charge in [0.15, 0.2) is 0 Å². The highest BCUT2D eigenvalue weighted by Crippen LogP contribution is 2.27. The number of nitrogen functional groups attached to an aromatic ring is 1. The van der Waals surface area contributed by atoms with Crippen molar-refractivity contribution in [3.05, 3.63) is 40.5 Å². The predicted molar refractivity (Wildman–Crippen MR) is 84.0 cm³/mol. The van der Waals surface area contributed by atoms with E-state index >= 15 is 0 Å². The van der Waals surface area contributed by atoms with E-state index < -0.39 is 0 Å². The minimum absolute atomic E-state index is 0.101. The molecule has 1 aromatic carbocycles. The molecule has 0 fully saturated rings. The molecule has 20 heavy (non-hydrogen) atoms. The van der Waals surface area contributed by atoms with Crippen molar-refractivity contribution in [1.29, 1.82) is 0 Å². The second-order valence-electron chi connectivity index (χ2n) is 4.48. The first-order valence-corrected chi connectivity index (χ1v) is 6.97. The molecule has 106 valence electrons. The van der Waals surface area contributed by atoms with Crippen LogP contribution in [-0.2, 0) is 0 Å².